The van der Waals surface area contributed by atoms with E-state index in [1.807, 2.05) is 0 Å². The first-order valence-electron chi connectivity index (χ1n) is 7.51. The molecule has 5 heteroatoms. The number of ether oxygens (including phenoxy) is 2. The Hall–Kier alpha value is -1.01. The molecule has 0 heterocycles. The van der Waals surface area contributed by atoms with Crippen LogP contribution in [0.5, 0.6) is 0 Å². The topological polar surface area (TPSA) is 50.7 Å². The lowest BCUT2D eigenvalue weighted by molar-refractivity contribution is 0.00383. The lowest BCUT2D eigenvalue weighted by Crippen LogP contribution is -2.30. The molecule has 0 fully saturated rings. The first-order chi connectivity index (χ1) is 10.2. The van der Waals surface area contributed by atoms with E-state index in [1.165, 1.54) is 6.07 Å². The third-order valence-electron chi connectivity index (χ3n) is 2.98. The first kappa shape index (κ1) is 18.0. The molecule has 0 spiro atoms. The molecule has 1 aromatic rings. The smallest absolute Gasteiger partial charge is 0.127 e. The number of hydrogen-bond donors (Lipinski definition) is 2. The van der Waals surface area contributed by atoms with Crippen LogP contribution in [-0.2, 0) is 16.0 Å². The lowest BCUT2D eigenvalue weighted by Gasteiger charge is -2.13. The van der Waals surface area contributed by atoms with E-state index in [0.717, 1.165) is 19.4 Å². The molecule has 0 saturated heterocycles. The van der Waals surface area contributed by atoms with Crippen molar-refractivity contribution in [2.24, 2.45) is 0 Å². The maximum absolute atomic E-state index is 13.3. The highest BCUT2D eigenvalue weighted by atomic mass is 19.1. The summed E-state index contributed by atoms with van der Waals surface area (Å²) >= 11 is 0. The summed E-state index contributed by atoms with van der Waals surface area (Å²) in [6, 6.07) is 6.59. The summed E-state index contributed by atoms with van der Waals surface area (Å²) in [6.07, 6.45) is 1.57. The van der Waals surface area contributed by atoms with E-state index in [4.69, 9.17) is 9.47 Å². The number of aliphatic hydroxyl groups excluding tert-OH is 1. The maximum atomic E-state index is 13.3. The molecule has 0 saturated carbocycles. The number of hydrogen-bond acceptors (Lipinski definition) is 4. The maximum Gasteiger partial charge on any atom is 0.127 e. The normalized spacial score (nSPS) is 12.5. The zero-order valence-corrected chi connectivity index (χ0v) is 12.7. The van der Waals surface area contributed by atoms with Crippen LogP contribution >= 0.6 is 0 Å². The van der Waals surface area contributed by atoms with Gasteiger partial charge in [0.2, 0.25) is 0 Å². The van der Waals surface area contributed by atoms with E-state index in [1.54, 1.807) is 18.2 Å². The van der Waals surface area contributed by atoms with Crippen molar-refractivity contribution < 1.29 is 19.0 Å². The molecule has 0 amide bonds. The number of unbranched alkanes of at least 4 members (excludes halogenated alkanes) is 1. The Bertz CT molecular complexity index is 376. The Morgan fingerprint density at radius 3 is 2.71 bits per heavy atom. The minimum Gasteiger partial charge on any atom is -0.389 e. The van der Waals surface area contributed by atoms with Crippen LogP contribution in [0.2, 0.25) is 0 Å². The third kappa shape index (κ3) is 8.78. The summed E-state index contributed by atoms with van der Waals surface area (Å²) in [5.74, 6) is -0.236. The Labute approximate surface area is 126 Å². The van der Waals surface area contributed by atoms with Crippen molar-refractivity contribution in [1.29, 1.82) is 0 Å². The van der Waals surface area contributed by atoms with Crippen molar-refractivity contribution in [2.45, 2.75) is 32.4 Å². The van der Waals surface area contributed by atoms with E-state index in [0.29, 0.717) is 31.9 Å². The number of halogens is 1. The van der Waals surface area contributed by atoms with Crippen LogP contribution in [0, 0.1) is 5.82 Å². The predicted octanol–water partition coefficient (Wildman–Crippen LogP) is 2.11. The zero-order valence-electron chi connectivity index (χ0n) is 12.7. The fourth-order valence-electron chi connectivity index (χ4n) is 1.76. The van der Waals surface area contributed by atoms with Crippen LogP contribution in [0.4, 0.5) is 4.39 Å². The highest BCUT2D eigenvalue weighted by Gasteiger charge is 2.05. The molecule has 0 bridgehead atoms. The van der Waals surface area contributed by atoms with E-state index >= 15 is 0 Å². The second kappa shape index (κ2) is 11.6. The van der Waals surface area contributed by atoms with Gasteiger partial charge < -0.3 is 19.9 Å². The Morgan fingerprint density at radius 1 is 1.19 bits per heavy atom. The molecular weight excluding hydrogens is 273 g/mol. The van der Waals surface area contributed by atoms with Gasteiger partial charge in [0.1, 0.15) is 5.82 Å². The van der Waals surface area contributed by atoms with Gasteiger partial charge in [0.25, 0.3) is 0 Å². The minimum atomic E-state index is -0.604. The van der Waals surface area contributed by atoms with Crippen molar-refractivity contribution in [1.82, 2.24) is 5.32 Å². The summed E-state index contributed by atoms with van der Waals surface area (Å²) in [5.41, 5.74) is 0.593. The molecule has 0 radical (unpaired) electrons. The monoisotopic (exact) mass is 299 g/mol. The fraction of sp³-hybridized carbons (Fsp3) is 0.625. The van der Waals surface area contributed by atoms with Crippen molar-refractivity contribution in [2.75, 3.05) is 33.0 Å². The first-order valence-corrected chi connectivity index (χ1v) is 7.51. The molecule has 1 atom stereocenters. The Balaban J connectivity index is 1.99. The molecule has 0 aliphatic carbocycles. The van der Waals surface area contributed by atoms with Crippen LogP contribution in [0.15, 0.2) is 24.3 Å². The SMILES string of the molecule is CCCCOCCOCC(O)CNCc1ccccc1F. The highest BCUT2D eigenvalue weighted by molar-refractivity contribution is 5.16. The third-order valence-corrected chi connectivity index (χ3v) is 2.98. The van der Waals surface area contributed by atoms with E-state index < -0.39 is 6.10 Å². The number of aliphatic hydroxyl groups is 1. The average molecular weight is 299 g/mol. The molecule has 0 aliphatic heterocycles. The molecule has 1 rings (SSSR count). The average Bonchev–Trinajstić information content (AvgIpc) is 2.48. The summed E-state index contributed by atoms with van der Waals surface area (Å²) in [4.78, 5) is 0. The van der Waals surface area contributed by atoms with Gasteiger partial charge in [-0.3, -0.25) is 0 Å². The van der Waals surface area contributed by atoms with Gasteiger partial charge in [0, 0.05) is 25.3 Å². The molecule has 1 unspecified atom stereocenters. The molecular formula is C16H26FNO3. The van der Waals surface area contributed by atoms with Crippen molar-refractivity contribution in [3.05, 3.63) is 35.6 Å². The van der Waals surface area contributed by atoms with Gasteiger partial charge in [-0.25, -0.2) is 4.39 Å². The molecule has 2 N–H and O–H groups in total. The molecule has 1 aromatic carbocycles. The van der Waals surface area contributed by atoms with E-state index in [-0.39, 0.29) is 12.4 Å². The van der Waals surface area contributed by atoms with Crippen molar-refractivity contribution >= 4 is 0 Å². The van der Waals surface area contributed by atoms with E-state index in [9.17, 15) is 9.50 Å². The van der Waals surface area contributed by atoms with Crippen LogP contribution in [0.25, 0.3) is 0 Å². The van der Waals surface area contributed by atoms with Crippen molar-refractivity contribution in [3.8, 4) is 0 Å². The fourth-order valence-corrected chi connectivity index (χ4v) is 1.76. The summed E-state index contributed by atoms with van der Waals surface area (Å²) in [6.45, 7) is 4.91. The standard InChI is InChI=1S/C16H26FNO3/c1-2-3-8-20-9-10-21-13-15(19)12-18-11-14-6-4-5-7-16(14)17/h4-7,15,18-19H,2-3,8-13H2,1H3. The van der Waals surface area contributed by atoms with Crippen LogP contribution in [-0.4, -0.2) is 44.2 Å². The number of rotatable bonds is 12. The van der Waals surface area contributed by atoms with Gasteiger partial charge in [-0.2, -0.15) is 0 Å². The van der Waals surface area contributed by atoms with Crippen LogP contribution < -0.4 is 5.32 Å². The zero-order chi connectivity index (χ0) is 15.3. The molecule has 21 heavy (non-hydrogen) atoms. The van der Waals surface area contributed by atoms with Gasteiger partial charge in [-0.1, -0.05) is 31.5 Å². The summed E-state index contributed by atoms with van der Waals surface area (Å²) in [5, 5.41) is 12.7. The predicted molar refractivity (Wildman–Crippen MR) is 80.7 cm³/mol. The summed E-state index contributed by atoms with van der Waals surface area (Å²) < 4.78 is 24.0. The minimum absolute atomic E-state index is 0.236. The quantitative estimate of drug-likeness (QED) is 0.580. The highest BCUT2D eigenvalue weighted by Crippen LogP contribution is 2.05. The van der Waals surface area contributed by atoms with Crippen molar-refractivity contribution in [3.63, 3.8) is 0 Å². The Morgan fingerprint density at radius 2 is 1.95 bits per heavy atom. The second-order valence-electron chi connectivity index (χ2n) is 4.92. The lowest BCUT2D eigenvalue weighted by atomic mass is 10.2. The largest absolute Gasteiger partial charge is 0.389 e. The van der Waals surface area contributed by atoms with E-state index in [2.05, 4.69) is 12.2 Å². The van der Waals surface area contributed by atoms with Gasteiger partial charge in [-0.15, -0.1) is 0 Å². The van der Waals surface area contributed by atoms with Gasteiger partial charge >= 0.3 is 0 Å². The molecule has 0 aliphatic rings. The molecule has 4 nitrogen and oxygen atoms in total. The van der Waals surface area contributed by atoms with Crippen LogP contribution in [0.1, 0.15) is 25.3 Å². The summed E-state index contributed by atoms with van der Waals surface area (Å²) in [7, 11) is 0. The molecule has 120 valence electrons. The number of benzene rings is 1. The second-order valence-corrected chi connectivity index (χ2v) is 4.92. The van der Waals surface area contributed by atoms with Gasteiger partial charge in [-0.05, 0) is 12.5 Å². The van der Waals surface area contributed by atoms with Gasteiger partial charge in [0.15, 0.2) is 0 Å². The number of nitrogens with one attached hydrogen (secondary N) is 1. The van der Waals surface area contributed by atoms with Gasteiger partial charge in [0.05, 0.1) is 25.9 Å². The van der Waals surface area contributed by atoms with Crippen LogP contribution in [0.3, 0.4) is 0 Å². The Kier molecular flexibility index (Phi) is 9.99. The molecule has 0 aromatic heterocycles.